The molecule has 1 aromatic heterocycles. The number of imidazole rings is 1. The van der Waals surface area contributed by atoms with Crippen LogP contribution in [0.2, 0.25) is 5.02 Å². The van der Waals surface area contributed by atoms with Crippen LogP contribution < -0.4 is 10.1 Å². The molecule has 2 N–H and O–H groups in total. The first kappa shape index (κ1) is 17.8. The van der Waals surface area contributed by atoms with E-state index in [0.717, 1.165) is 16.9 Å². The monoisotopic (exact) mass is 401 g/mol. The number of ether oxygens (including phenoxy) is 1. The van der Waals surface area contributed by atoms with Gasteiger partial charge in [-0.2, -0.15) is 0 Å². The summed E-state index contributed by atoms with van der Waals surface area (Å²) in [6.45, 7) is 0. The summed E-state index contributed by atoms with van der Waals surface area (Å²) in [5.74, 6) is 1.12. The molecule has 1 atom stereocenters. The highest BCUT2D eigenvalue weighted by Gasteiger charge is 2.29. The fraction of sp³-hybridized carbons (Fsp3) is 0.158. The van der Waals surface area contributed by atoms with Crippen molar-refractivity contribution in [1.82, 2.24) is 9.55 Å². The van der Waals surface area contributed by atoms with Gasteiger partial charge in [-0.15, -0.1) is 11.8 Å². The number of methoxy groups -OCH3 is 1. The first-order valence-electron chi connectivity index (χ1n) is 8.18. The number of rotatable bonds is 3. The number of nitrogens with zero attached hydrogens (tertiary/aromatic N) is 2. The second-order valence-electron chi connectivity index (χ2n) is 6.00. The molecule has 1 amide bonds. The van der Waals surface area contributed by atoms with Crippen LogP contribution in [0.5, 0.6) is 11.5 Å². The number of halogens is 1. The number of aromatic nitrogens is 2. The van der Waals surface area contributed by atoms with Gasteiger partial charge in [-0.1, -0.05) is 23.7 Å². The summed E-state index contributed by atoms with van der Waals surface area (Å²) in [6, 6.07) is 12.7. The van der Waals surface area contributed by atoms with E-state index in [0.29, 0.717) is 16.6 Å². The molecule has 27 heavy (non-hydrogen) atoms. The minimum absolute atomic E-state index is 0.0505. The SMILES string of the molecule is COc1ccc([C@H]2SCC(=O)Nc3ncn(-c4cccc(Cl)c4)c32)cc1O. The Morgan fingerprint density at radius 3 is 2.93 bits per heavy atom. The van der Waals surface area contributed by atoms with Crippen LogP contribution in [0.4, 0.5) is 5.82 Å². The van der Waals surface area contributed by atoms with Crippen LogP contribution in [0.1, 0.15) is 16.5 Å². The van der Waals surface area contributed by atoms with Crippen molar-refractivity contribution in [2.45, 2.75) is 5.25 Å². The molecule has 3 aromatic rings. The van der Waals surface area contributed by atoms with Crippen molar-refractivity contribution < 1.29 is 14.6 Å². The molecule has 1 aliphatic rings. The van der Waals surface area contributed by atoms with Gasteiger partial charge in [0.25, 0.3) is 0 Å². The Balaban J connectivity index is 1.87. The van der Waals surface area contributed by atoms with E-state index in [1.165, 1.54) is 18.9 Å². The highest BCUT2D eigenvalue weighted by atomic mass is 35.5. The summed E-state index contributed by atoms with van der Waals surface area (Å²) in [7, 11) is 1.50. The number of phenols is 1. The number of amides is 1. The minimum atomic E-state index is -0.211. The summed E-state index contributed by atoms with van der Waals surface area (Å²) in [4.78, 5) is 16.5. The van der Waals surface area contributed by atoms with E-state index in [1.807, 2.05) is 28.8 Å². The Labute approximate surface area is 165 Å². The van der Waals surface area contributed by atoms with Crippen molar-refractivity contribution in [3.05, 3.63) is 65.1 Å². The summed E-state index contributed by atoms with van der Waals surface area (Å²) in [5, 5.41) is 13.5. The molecule has 0 radical (unpaired) electrons. The molecule has 0 spiro atoms. The fourth-order valence-electron chi connectivity index (χ4n) is 3.07. The van der Waals surface area contributed by atoms with E-state index in [9.17, 15) is 9.90 Å². The van der Waals surface area contributed by atoms with Crippen LogP contribution in [-0.2, 0) is 4.79 Å². The van der Waals surface area contributed by atoms with E-state index >= 15 is 0 Å². The average molecular weight is 402 g/mol. The standard InChI is InChI=1S/C19H16ClN3O3S/c1-26-15-6-5-11(7-14(15)24)18-17-19(22-16(25)9-27-18)21-10-23(17)13-4-2-3-12(20)8-13/h2-8,10,18,24H,9H2,1H3,(H,22,25)/t18-/m1/s1. The van der Waals surface area contributed by atoms with Crippen LogP contribution in [0, 0.1) is 0 Å². The van der Waals surface area contributed by atoms with Gasteiger partial charge in [0.05, 0.1) is 23.8 Å². The number of thioether (sulfide) groups is 1. The lowest BCUT2D eigenvalue weighted by molar-refractivity contribution is -0.113. The van der Waals surface area contributed by atoms with Gasteiger partial charge >= 0.3 is 0 Å². The Morgan fingerprint density at radius 2 is 2.19 bits per heavy atom. The molecule has 0 saturated carbocycles. The highest BCUT2D eigenvalue weighted by Crippen LogP contribution is 2.44. The number of phenolic OH excluding ortho intramolecular Hbond substituents is 1. The van der Waals surface area contributed by atoms with E-state index < -0.39 is 0 Å². The first-order valence-corrected chi connectivity index (χ1v) is 9.61. The summed E-state index contributed by atoms with van der Waals surface area (Å²) in [6.07, 6.45) is 1.67. The number of nitrogens with one attached hydrogen (secondary N) is 1. The molecule has 138 valence electrons. The van der Waals surface area contributed by atoms with Crippen LogP contribution in [0.15, 0.2) is 48.8 Å². The predicted octanol–water partition coefficient (Wildman–Crippen LogP) is 4.01. The lowest BCUT2D eigenvalue weighted by Crippen LogP contribution is -2.12. The highest BCUT2D eigenvalue weighted by molar-refractivity contribution is 8.00. The van der Waals surface area contributed by atoms with Gasteiger partial charge in [0, 0.05) is 10.7 Å². The Bertz CT molecular complexity index is 1020. The third-order valence-electron chi connectivity index (χ3n) is 4.28. The van der Waals surface area contributed by atoms with Crippen molar-refractivity contribution in [1.29, 1.82) is 0 Å². The second-order valence-corrected chi connectivity index (χ2v) is 7.53. The number of carbonyl (C=O) groups is 1. The first-order chi connectivity index (χ1) is 13.1. The van der Waals surface area contributed by atoms with E-state index in [2.05, 4.69) is 10.3 Å². The quantitative estimate of drug-likeness (QED) is 0.693. The molecular formula is C19H16ClN3O3S. The molecule has 8 heteroatoms. The molecule has 0 unspecified atom stereocenters. The minimum Gasteiger partial charge on any atom is -0.504 e. The van der Waals surface area contributed by atoms with Gasteiger partial charge < -0.3 is 15.2 Å². The lowest BCUT2D eigenvalue weighted by Gasteiger charge is -2.19. The average Bonchev–Trinajstić information content (AvgIpc) is 2.98. The van der Waals surface area contributed by atoms with Crippen molar-refractivity contribution in [3.8, 4) is 17.2 Å². The van der Waals surface area contributed by atoms with Gasteiger partial charge in [-0.3, -0.25) is 9.36 Å². The fourth-order valence-corrected chi connectivity index (χ4v) is 4.36. The Morgan fingerprint density at radius 1 is 1.33 bits per heavy atom. The molecular weight excluding hydrogens is 386 g/mol. The predicted molar refractivity (Wildman–Crippen MR) is 106 cm³/mol. The van der Waals surface area contributed by atoms with Crippen molar-refractivity contribution >= 4 is 35.1 Å². The van der Waals surface area contributed by atoms with Crippen molar-refractivity contribution in [2.24, 2.45) is 0 Å². The number of hydrogen-bond acceptors (Lipinski definition) is 5. The molecule has 4 rings (SSSR count). The Hall–Kier alpha value is -2.64. The van der Waals surface area contributed by atoms with E-state index in [4.69, 9.17) is 16.3 Å². The van der Waals surface area contributed by atoms with Crippen LogP contribution in [0.3, 0.4) is 0 Å². The van der Waals surface area contributed by atoms with Crippen LogP contribution in [-0.4, -0.2) is 33.4 Å². The van der Waals surface area contributed by atoms with Crippen molar-refractivity contribution in [2.75, 3.05) is 18.2 Å². The maximum atomic E-state index is 12.1. The summed E-state index contributed by atoms with van der Waals surface area (Å²) in [5.41, 5.74) is 2.51. The normalized spacial score (nSPS) is 16.4. The van der Waals surface area contributed by atoms with Gasteiger partial charge in [-0.25, -0.2) is 4.98 Å². The number of benzene rings is 2. The number of aromatic hydroxyl groups is 1. The van der Waals surface area contributed by atoms with E-state index in [1.54, 1.807) is 24.5 Å². The summed E-state index contributed by atoms with van der Waals surface area (Å²) >= 11 is 7.62. The number of carbonyl (C=O) groups excluding carboxylic acids is 1. The zero-order valence-corrected chi connectivity index (χ0v) is 15.9. The lowest BCUT2D eigenvalue weighted by atomic mass is 10.1. The smallest absolute Gasteiger partial charge is 0.235 e. The summed E-state index contributed by atoms with van der Waals surface area (Å²) < 4.78 is 7.04. The molecule has 0 bridgehead atoms. The number of anilines is 1. The van der Waals surface area contributed by atoms with Crippen LogP contribution >= 0.6 is 23.4 Å². The second kappa shape index (κ2) is 7.17. The molecule has 0 saturated heterocycles. The number of fused-ring (bicyclic) bond motifs is 1. The molecule has 2 heterocycles. The molecule has 2 aromatic carbocycles. The maximum absolute atomic E-state index is 12.1. The van der Waals surface area contributed by atoms with Gasteiger partial charge in [-0.05, 0) is 35.9 Å². The van der Waals surface area contributed by atoms with Crippen molar-refractivity contribution in [3.63, 3.8) is 0 Å². The van der Waals surface area contributed by atoms with Crippen LogP contribution in [0.25, 0.3) is 5.69 Å². The molecule has 6 nitrogen and oxygen atoms in total. The van der Waals surface area contributed by atoms with E-state index in [-0.39, 0.29) is 22.7 Å². The Kier molecular flexibility index (Phi) is 4.72. The number of hydrogen-bond donors (Lipinski definition) is 2. The maximum Gasteiger partial charge on any atom is 0.235 e. The largest absolute Gasteiger partial charge is 0.504 e. The molecule has 0 fully saturated rings. The van der Waals surface area contributed by atoms with Gasteiger partial charge in [0.15, 0.2) is 17.3 Å². The third kappa shape index (κ3) is 3.36. The zero-order valence-electron chi connectivity index (χ0n) is 14.3. The topological polar surface area (TPSA) is 76.4 Å². The molecule has 1 aliphatic heterocycles. The zero-order chi connectivity index (χ0) is 19.0. The van der Waals surface area contributed by atoms with Gasteiger partial charge in [0.2, 0.25) is 5.91 Å². The molecule has 0 aliphatic carbocycles. The van der Waals surface area contributed by atoms with Gasteiger partial charge in [0.1, 0.15) is 6.33 Å². The third-order valence-corrected chi connectivity index (χ3v) is 5.78.